The second-order valence-corrected chi connectivity index (χ2v) is 8.58. The number of hydrogen-bond donors (Lipinski definition) is 7. The topological polar surface area (TPSA) is 210 Å². The van der Waals surface area contributed by atoms with Crippen LogP contribution in [0.5, 0.6) is 0 Å². The lowest BCUT2D eigenvalue weighted by Crippen LogP contribution is -2.54. The Morgan fingerprint density at radius 2 is 1.74 bits per heavy atom. The molecule has 2 rings (SSSR count). The molecule has 0 saturated heterocycles. The van der Waals surface area contributed by atoms with Gasteiger partial charge in [0.2, 0.25) is 23.6 Å². The van der Waals surface area contributed by atoms with Crippen molar-refractivity contribution in [3.05, 3.63) is 36.0 Å². The van der Waals surface area contributed by atoms with E-state index in [1.54, 1.807) is 20.0 Å². The van der Waals surface area contributed by atoms with Crippen LogP contribution in [0.25, 0.3) is 10.9 Å². The third-order valence-electron chi connectivity index (χ3n) is 5.44. The van der Waals surface area contributed by atoms with Gasteiger partial charge in [0.15, 0.2) is 0 Å². The van der Waals surface area contributed by atoms with Crippen molar-refractivity contribution in [3.8, 4) is 0 Å². The van der Waals surface area contributed by atoms with Gasteiger partial charge in [-0.15, -0.1) is 0 Å². The van der Waals surface area contributed by atoms with Gasteiger partial charge in [-0.25, -0.2) is 4.79 Å². The summed E-state index contributed by atoms with van der Waals surface area (Å²) in [6.45, 7) is 2.81. The normalized spacial score (nSPS) is 13.6. The van der Waals surface area contributed by atoms with Crippen molar-refractivity contribution in [3.63, 3.8) is 0 Å². The summed E-state index contributed by atoms with van der Waals surface area (Å²) in [7, 11) is 0. The zero-order valence-electron chi connectivity index (χ0n) is 19.7. The van der Waals surface area contributed by atoms with E-state index in [2.05, 4.69) is 20.9 Å². The van der Waals surface area contributed by atoms with E-state index in [0.29, 0.717) is 0 Å². The number of para-hydroxylation sites is 1. The van der Waals surface area contributed by atoms with E-state index < -0.39 is 54.3 Å². The monoisotopic (exact) mass is 488 g/mol. The first kappa shape index (κ1) is 27.3. The molecule has 1 heterocycles. The minimum absolute atomic E-state index is 0.0107. The molecule has 0 saturated carbocycles. The molecule has 0 aliphatic heterocycles. The molecule has 3 atom stereocenters. The standard InChI is InChI=1S/C23H32N6O6/c1-12(2)20(23(34)35)29-19(31)11-27-22(33)17(28-21(32)15(24)7-8-18(25)30)9-13-10-26-16-6-4-3-5-14(13)16/h3-6,10,12,15,17,20,26H,7-9,11,24H2,1-2H3,(H2,25,30)(H,27,33)(H,28,32)(H,29,31)(H,34,35). The molecule has 35 heavy (non-hydrogen) atoms. The second kappa shape index (κ2) is 12.5. The predicted octanol–water partition coefficient (Wildman–Crippen LogP) is -0.870. The van der Waals surface area contributed by atoms with Crippen molar-refractivity contribution in [1.82, 2.24) is 20.9 Å². The molecule has 0 bridgehead atoms. The van der Waals surface area contributed by atoms with Crippen molar-refractivity contribution in [2.45, 2.75) is 51.2 Å². The van der Waals surface area contributed by atoms with Crippen LogP contribution in [0.15, 0.2) is 30.5 Å². The SMILES string of the molecule is CC(C)C(NC(=O)CNC(=O)C(Cc1c[nH]c2ccccc12)NC(=O)C(N)CCC(N)=O)C(=O)O. The number of aromatic nitrogens is 1. The predicted molar refractivity (Wildman–Crippen MR) is 128 cm³/mol. The Balaban J connectivity index is 2.12. The van der Waals surface area contributed by atoms with Gasteiger partial charge in [0.1, 0.15) is 12.1 Å². The maximum absolute atomic E-state index is 12.9. The zero-order chi connectivity index (χ0) is 26.1. The van der Waals surface area contributed by atoms with Crippen LogP contribution < -0.4 is 27.4 Å². The number of aliphatic carboxylic acids is 1. The zero-order valence-corrected chi connectivity index (χ0v) is 19.7. The summed E-state index contributed by atoms with van der Waals surface area (Å²) in [5, 5.41) is 17.5. The highest BCUT2D eigenvalue weighted by atomic mass is 16.4. The molecular weight excluding hydrogens is 456 g/mol. The summed E-state index contributed by atoms with van der Waals surface area (Å²) < 4.78 is 0. The van der Waals surface area contributed by atoms with Crippen molar-refractivity contribution in [1.29, 1.82) is 0 Å². The summed E-state index contributed by atoms with van der Waals surface area (Å²) in [5.74, 6) is -4.14. The van der Waals surface area contributed by atoms with Crippen molar-refractivity contribution in [2.75, 3.05) is 6.54 Å². The lowest BCUT2D eigenvalue weighted by atomic mass is 10.0. The molecule has 12 heteroatoms. The van der Waals surface area contributed by atoms with E-state index in [9.17, 15) is 29.1 Å². The fourth-order valence-electron chi connectivity index (χ4n) is 3.47. The molecule has 0 aliphatic rings. The molecule has 1 aromatic carbocycles. The van der Waals surface area contributed by atoms with Gasteiger partial charge >= 0.3 is 5.97 Å². The number of carbonyl (C=O) groups is 5. The van der Waals surface area contributed by atoms with Crippen LogP contribution in [-0.2, 0) is 30.4 Å². The highest BCUT2D eigenvalue weighted by Gasteiger charge is 2.27. The molecular formula is C23H32N6O6. The number of fused-ring (bicyclic) bond motifs is 1. The fraction of sp³-hybridized carbons (Fsp3) is 0.435. The van der Waals surface area contributed by atoms with Crippen LogP contribution in [0.2, 0.25) is 0 Å². The summed E-state index contributed by atoms with van der Waals surface area (Å²) in [6, 6.07) is 4.16. The molecule has 1 aromatic heterocycles. The summed E-state index contributed by atoms with van der Waals surface area (Å²) >= 11 is 0. The molecule has 0 aliphatic carbocycles. The number of amides is 4. The minimum atomic E-state index is -1.19. The lowest BCUT2D eigenvalue weighted by molar-refractivity contribution is -0.143. The van der Waals surface area contributed by atoms with E-state index in [1.807, 2.05) is 24.3 Å². The van der Waals surface area contributed by atoms with E-state index >= 15 is 0 Å². The van der Waals surface area contributed by atoms with Gasteiger partial charge in [0.25, 0.3) is 0 Å². The smallest absolute Gasteiger partial charge is 0.326 e. The number of carboxylic acids is 1. The fourth-order valence-corrected chi connectivity index (χ4v) is 3.47. The summed E-state index contributed by atoms with van der Waals surface area (Å²) in [5.41, 5.74) is 12.5. The highest BCUT2D eigenvalue weighted by Crippen LogP contribution is 2.19. The largest absolute Gasteiger partial charge is 0.480 e. The molecule has 12 nitrogen and oxygen atoms in total. The Kier molecular flexibility index (Phi) is 9.76. The third-order valence-corrected chi connectivity index (χ3v) is 5.44. The number of nitrogens with one attached hydrogen (secondary N) is 4. The lowest BCUT2D eigenvalue weighted by Gasteiger charge is -2.21. The third kappa shape index (κ3) is 8.10. The maximum Gasteiger partial charge on any atom is 0.326 e. The van der Waals surface area contributed by atoms with Crippen molar-refractivity contribution < 1.29 is 29.1 Å². The van der Waals surface area contributed by atoms with Crippen molar-refractivity contribution >= 4 is 40.5 Å². The van der Waals surface area contributed by atoms with Gasteiger partial charge in [-0.3, -0.25) is 19.2 Å². The molecule has 2 aromatic rings. The minimum Gasteiger partial charge on any atom is -0.480 e. The van der Waals surface area contributed by atoms with Gasteiger partial charge in [0.05, 0.1) is 12.6 Å². The number of rotatable bonds is 13. The summed E-state index contributed by atoms with van der Waals surface area (Å²) in [6.07, 6.45) is 1.73. The van der Waals surface area contributed by atoms with E-state index in [0.717, 1.165) is 16.5 Å². The second-order valence-electron chi connectivity index (χ2n) is 8.58. The van der Waals surface area contributed by atoms with Gasteiger partial charge < -0.3 is 37.5 Å². The number of primary amides is 1. The van der Waals surface area contributed by atoms with Crippen LogP contribution >= 0.6 is 0 Å². The van der Waals surface area contributed by atoms with Crippen molar-refractivity contribution in [2.24, 2.45) is 17.4 Å². The van der Waals surface area contributed by atoms with Gasteiger partial charge in [-0.1, -0.05) is 32.0 Å². The van der Waals surface area contributed by atoms with Crippen LogP contribution in [-0.4, -0.2) is 64.4 Å². The number of carboxylic acid groups (broad SMARTS) is 1. The number of hydrogen-bond acceptors (Lipinski definition) is 6. The molecule has 0 fully saturated rings. The Hall–Kier alpha value is -3.93. The van der Waals surface area contributed by atoms with Crippen LogP contribution in [0.1, 0.15) is 32.3 Å². The van der Waals surface area contributed by atoms with Crippen LogP contribution in [0.4, 0.5) is 0 Å². The molecule has 190 valence electrons. The number of benzene rings is 1. The molecule has 0 radical (unpaired) electrons. The first-order valence-corrected chi connectivity index (χ1v) is 11.2. The average Bonchev–Trinajstić information content (AvgIpc) is 3.21. The molecule has 4 amide bonds. The van der Waals surface area contributed by atoms with Gasteiger partial charge in [-0.2, -0.15) is 0 Å². The molecule has 3 unspecified atom stereocenters. The summed E-state index contributed by atoms with van der Waals surface area (Å²) in [4.78, 5) is 63.1. The van der Waals surface area contributed by atoms with Gasteiger partial charge in [0, 0.05) is 29.9 Å². The first-order chi connectivity index (χ1) is 16.5. The van der Waals surface area contributed by atoms with E-state index in [1.165, 1.54) is 0 Å². The Bertz CT molecular complexity index is 1080. The van der Waals surface area contributed by atoms with Crippen LogP contribution in [0.3, 0.4) is 0 Å². The number of aromatic amines is 1. The van der Waals surface area contributed by atoms with E-state index in [-0.39, 0.29) is 25.2 Å². The van der Waals surface area contributed by atoms with Gasteiger partial charge in [-0.05, 0) is 24.0 Å². The number of carbonyl (C=O) groups excluding carboxylic acids is 4. The Morgan fingerprint density at radius 1 is 1.06 bits per heavy atom. The van der Waals surface area contributed by atoms with Crippen LogP contribution in [0, 0.1) is 5.92 Å². The quantitative estimate of drug-likeness (QED) is 0.189. The molecule has 9 N–H and O–H groups in total. The van der Waals surface area contributed by atoms with E-state index in [4.69, 9.17) is 11.5 Å². The number of H-pyrrole nitrogens is 1. The first-order valence-electron chi connectivity index (χ1n) is 11.2. The maximum atomic E-state index is 12.9. The Morgan fingerprint density at radius 3 is 2.37 bits per heavy atom. The average molecular weight is 489 g/mol. The highest BCUT2D eigenvalue weighted by molar-refractivity contribution is 5.93. The Labute approximate surface area is 202 Å². The molecule has 0 spiro atoms. The number of nitrogens with two attached hydrogens (primary N) is 2.